The highest BCUT2D eigenvalue weighted by Gasteiger charge is 2.37. The summed E-state index contributed by atoms with van der Waals surface area (Å²) in [5.41, 5.74) is 16.7. The van der Waals surface area contributed by atoms with Crippen LogP contribution in [0.2, 0.25) is 0 Å². The first-order valence-electron chi connectivity index (χ1n) is 18.7. The van der Waals surface area contributed by atoms with Crippen LogP contribution in [-0.4, -0.2) is 4.57 Å². The van der Waals surface area contributed by atoms with Gasteiger partial charge in [0.25, 0.3) is 0 Å². The molecule has 3 aromatic heterocycles. The molecule has 0 fully saturated rings. The number of rotatable bonds is 3. The summed E-state index contributed by atoms with van der Waals surface area (Å²) in [5, 5.41) is 6.93. The molecule has 0 saturated heterocycles. The molecule has 54 heavy (non-hydrogen) atoms. The molecule has 0 atom stereocenters. The lowest BCUT2D eigenvalue weighted by Crippen LogP contribution is -2.16. The van der Waals surface area contributed by atoms with Crippen molar-refractivity contribution in [2.24, 2.45) is 0 Å². The third-order valence-electron chi connectivity index (χ3n) is 12.0. The number of fused-ring (bicyclic) bond motifs is 12. The molecule has 0 unspecified atom stereocenters. The van der Waals surface area contributed by atoms with E-state index >= 15 is 0 Å². The van der Waals surface area contributed by atoms with Gasteiger partial charge in [0, 0.05) is 55.0 Å². The second kappa shape index (κ2) is 10.6. The summed E-state index contributed by atoms with van der Waals surface area (Å²) in [6.07, 6.45) is 0. The first kappa shape index (κ1) is 29.7. The van der Waals surface area contributed by atoms with E-state index in [4.69, 9.17) is 8.83 Å². The van der Waals surface area contributed by atoms with Crippen LogP contribution in [0.4, 0.5) is 0 Å². The molecule has 254 valence electrons. The molecule has 0 radical (unpaired) electrons. The number of furan rings is 2. The van der Waals surface area contributed by atoms with Gasteiger partial charge in [0.15, 0.2) is 0 Å². The van der Waals surface area contributed by atoms with Crippen molar-refractivity contribution in [3.05, 3.63) is 175 Å². The van der Waals surface area contributed by atoms with Gasteiger partial charge in [-0.05, 0) is 81.4 Å². The highest BCUT2D eigenvalue weighted by Crippen LogP contribution is 2.53. The normalized spacial score (nSPS) is 13.5. The van der Waals surface area contributed by atoms with Gasteiger partial charge in [-0.15, -0.1) is 0 Å². The van der Waals surface area contributed by atoms with Crippen LogP contribution in [0.3, 0.4) is 0 Å². The first-order chi connectivity index (χ1) is 26.5. The van der Waals surface area contributed by atoms with Gasteiger partial charge in [-0.25, -0.2) is 0 Å². The molecule has 0 N–H and O–H groups in total. The minimum Gasteiger partial charge on any atom is -0.456 e. The Morgan fingerprint density at radius 3 is 1.87 bits per heavy atom. The van der Waals surface area contributed by atoms with E-state index in [1.807, 2.05) is 12.1 Å². The minimum atomic E-state index is -0.169. The van der Waals surface area contributed by atoms with Gasteiger partial charge in [0.2, 0.25) is 0 Å². The minimum absolute atomic E-state index is 0.169. The standard InChI is InChI=1S/C51H33NO2/c1-51(2)43-21-7-3-13-35(43)39-19-11-17-33(49(39)51)30-25-31(34-18-12-20-40-37-15-5-10-24-47(37)54-50(34)40)27-32(26-30)52-44-22-8-4-14-36(44)41-28-42-38-16-6-9-23-46(38)53-48(42)29-45(41)52/h3-29H,1-2H3. The summed E-state index contributed by atoms with van der Waals surface area (Å²) < 4.78 is 15.6. The van der Waals surface area contributed by atoms with Crippen molar-refractivity contribution in [2.45, 2.75) is 19.3 Å². The quantitative estimate of drug-likeness (QED) is 0.185. The summed E-state index contributed by atoms with van der Waals surface area (Å²) in [6, 6.07) is 59.3. The van der Waals surface area contributed by atoms with Gasteiger partial charge >= 0.3 is 0 Å². The van der Waals surface area contributed by atoms with Gasteiger partial charge in [0.1, 0.15) is 22.3 Å². The fourth-order valence-electron chi connectivity index (χ4n) is 9.58. The Bertz CT molecular complexity index is 3370. The number of nitrogens with zero attached hydrogens (tertiary/aromatic N) is 1. The topological polar surface area (TPSA) is 31.2 Å². The highest BCUT2D eigenvalue weighted by atomic mass is 16.3. The van der Waals surface area contributed by atoms with Gasteiger partial charge in [-0.3, -0.25) is 0 Å². The number of benzene rings is 8. The molecule has 0 aliphatic heterocycles. The number of hydrogen-bond acceptors (Lipinski definition) is 2. The average Bonchev–Trinajstić information content (AvgIpc) is 3.93. The largest absolute Gasteiger partial charge is 0.456 e. The van der Waals surface area contributed by atoms with Crippen LogP contribution in [0.25, 0.3) is 105 Å². The highest BCUT2D eigenvalue weighted by molar-refractivity contribution is 6.17. The van der Waals surface area contributed by atoms with Crippen molar-refractivity contribution in [3.63, 3.8) is 0 Å². The molecule has 1 aliphatic carbocycles. The lowest BCUT2D eigenvalue weighted by molar-refractivity contribution is 0.662. The molecular formula is C51H33NO2. The molecular weight excluding hydrogens is 659 g/mol. The zero-order valence-electron chi connectivity index (χ0n) is 29.9. The molecule has 3 heteroatoms. The van der Waals surface area contributed by atoms with E-state index in [1.165, 1.54) is 44.2 Å². The predicted molar refractivity (Wildman–Crippen MR) is 224 cm³/mol. The van der Waals surface area contributed by atoms with Crippen LogP contribution in [0.5, 0.6) is 0 Å². The smallest absolute Gasteiger partial charge is 0.143 e. The average molecular weight is 692 g/mol. The molecule has 8 aromatic carbocycles. The first-order valence-corrected chi connectivity index (χ1v) is 18.7. The Morgan fingerprint density at radius 2 is 1.02 bits per heavy atom. The zero-order valence-corrected chi connectivity index (χ0v) is 29.9. The Kier molecular flexibility index (Phi) is 5.84. The van der Waals surface area contributed by atoms with E-state index in [0.29, 0.717) is 0 Å². The summed E-state index contributed by atoms with van der Waals surface area (Å²) in [4.78, 5) is 0. The SMILES string of the molecule is CC1(C)c2ccccc2-c2cccc(-c3cc(-c4cccc5c4oc4ccccc45)cc(-n4c5ccccc5c5cc6c(cc54)oc4ccccc46)c3)c21. The van der Waals surface area contributed by atoms with E-state index in [-0.39, 0.29) is 5.41 Å². The molecule has 1 aliphatic rings. The molecule has 3 nitrogen and oxygen atoms in total. The molecule has 12 rings (SSSR count). The summed E-state index contributed by atoms with van der Waals surface area (Å²) in [5.74, 6) is 0. The van der Waals surface area contributed by atoms with E-state index < -0.39 is 0 Å². The Morgan fingerprint density at radius 1 is 0.407 bits per heavy atom. The molecule has 0 spiro atoms. The van der Waals surface area contributed by atoms with Crippen LogP contribution in [0.1, 0.15) is 25.0 Å². The van der Waals surface area contributed by atoms with Crippen molar-refractivity contribution >= 4 is 65.7 Å². The molecule has 3 heterocycles. The van der Waals surface area contributed by atoms with Crippen LogP contribution in [0.15, 0.2) is 173 Å². The number of aromatic nitrogens is 1. The van der Waals surface area contributed by atoms with Crippen molar-refractivity contribution in [1.82, 2.24) is 4.57 Å². The van der Waals surface area contributed by atoms with Crippen molar-refractivity contribution in [3.8, 4) is 39.1 Å². The fourth-order valence-corrected chi connectivity index (χ4v) is 9.58. The maximum Gasteiger partial charge on any atom is 0.143 e. The molecule has 0 amide bonds. The lowest BCUT2D eigenvalue weighted by Gasteiger charge is -2.25. The predicted octanol–water partition coefficient (Wildman–Crippen LogP) is 14.2. The van der Waals surface area contributed by atoms with E-state index in [1.54, 1.807) is 0 Å². The maximum absolute atomic E-state index is 6.66. The summed E-state index contributed by atoms with van der Waals surface area (Å²) in [6.45, 7) is 4.74. The third kappa shape index (κ3) is 3.96. The van der Waals surface area contributed by atoms with E-state index in [9.17, 15) is 0 Å². The maximum atomic E-state index is 6.66. The van der Waals surface area contributed by atoms with Crippen LogP contribution < -0.4 is 0 Å². The zero-order chi connectivity index (χ0) is 35.7. The molecule has 0 saturated carbocycles. The Balaban J connectivity index is 1.19. The fraction of sp³-hybridized carbons (Fsp3) is 0.0588. The second-order valence-corrected chi connectivity index (χ2v) is 15.3. The lowest BCUT2D eigenvalue weighted by atomic mass is 9.78. The van der Waals surface area contributed by atoms with Gasteiger partial charge < -0.3 is 13.4 Å². The van der Waals surface area contributed by atoms with Crippen LogP contribution >= 0.6 is 0 Å². The Hall–Kier alpha value is -6.84. The Labute approximate surface area is 311 Å². The number of para-hydroxylation sites is 4. The van der Waals surface area contributed by atoms with Gasteiger partial charge in [0.05, 0.1) is 11.0 Å². The van der Waals surface area contributed by atoms with Crippen molar-refractivity contribution in [1.29, 1.82) is 0 Å². The van der Waals surface area contributed by atoms with Crippen molar-refractivity contribution < 1.29 is 8.83 Å². The van der Waals surface area contributed by atoms with Crippen LogP contribution in [0, 0.1) is 0 Å². The van der Waals surface area contributed by atoms with E-state index in [2.05, 4.69) is 170 Å². The molecule has 11 aromatic rings. The monoisotopic (exact) mass is 691 g/mol. The summed E-state index contributed by atoms with van der Waals surface area (Å²) >= 11 is 0. The van der Waals surface area contributed by atoms with Crippen molar-refractivity contribution in [2.75, 3.05) is 0 Å². The van der Waals surface area contributed by atoms with Crippen LogP contribution in [-0.2, 0) is 5.41 Å². The number of hydrogen-bond donors (Lipinski definition) is 0. The van der Waals surface area contributed by atoms with E-state index in [0.717, 1.165) is 71.7 Å². The van der Waals surface area contributed by atoms with Gasteiger partial charge in [-0.2, -0.15) is 0 Å². The van der Waals surface area contributed by atoms with Gasteiger partial charge in [-0.1, -0.05) is 129 Å². The second-order valence-electron chi connectivity index (χ2n) is 15.3. The third-order valence-corrected chi connectivity index (χ3v) is 12.0. The summed E-state index contributed by atoms with van der Waals surface area (Å²) in [7, 11) is 0. The molecule has 0 bridgehead atoms.